The first-order chi connectivity index (χ1) is 8.72. The summed E-state index contributed by atoms with van der Waals surface area (Å²) in [5, 5.41) is 13.9. The van der Waals surface area contributed by atoms with Gasteiger partial charge in [0.05, 0.1) is 18.2 Å². The molecule has 0 aliphatic heterocycles. The van der Waals surface area contributed by atoms with Gasteiger partial charge in [0.25, 0.3) is 0 Å². The molecular weight excluding hydrogens is 242 g/mol. The van der Waals surface area contributed by atoms with Gasteiger partial charge in [-0.05, 0) is 25.2 Å². The Balaban J connectivity index is 2.00. The van der Waals surface area contributed by atoms with Gasteiger partial charge in [-0.3, -0.25) is 4.68 Å². The van der Waals surface area contributed by atoms with Gasteiger partial charge in [0.15, 0.2) is 0 Å². The second kappa shape index (κ2) is 6.29. The number of aromatic nitrogens is 2. The van der Waals surface area contributed by atoms with Crippen LogP contribution >= 0.6 is 11.8 Å². The van der Waals surface area contributed by atoms with Gasteiger partial charge >= 0.3 is 0 Å². The lowest BCUT2D eigenvalue weighted by atomic mass is 9.80. The molecule has 1 fully saturated rings. The number of nitriles is 1. The Labute approximate surface area is 114 Å². The molecule has 0 aromatic carbocycles. The number of rotatable bonds is 4. The number of thioether (sulfide) groups is 1. The lowest BCUT2D eigenvalue weighted by molar-refractivity contribution is 0.307. The zero-order valence-electron chi connectivity index (χ0n) is 11.2. The van der Waals surface area contributed by atoms with Gasteiger partial charge in [-0.2, -0.15) is 10.4 Å². The molecule has 0 amide bonds. The van der Waals surface area contributed by atoms with Crippen molar-refractivity contribution in [3.63, 3.8) is 0 Å². The third kappa shape index (κ3) is 3.29. The Bertz CT molecular complexity index is 421. The van der Waals surface area contributed by atoms with Gasteiger partial charge in [-0.15, -0.1) is 11.8 Å². The van der Waals surface area contributed by atoms with E-state index in [4.69, 9.17) is 0 Å². The fourth-order valence-electron chi connectivity index (χ4n) is 2.79. The van der Waals surface area contributed by atoms with Crippen LogP contribution in [0, 0.1) is 23.2 Å². The van der Waals surface area contributed by atoms with Crippen molar-refractivity contribution in [3.05, 3.63) is 12.4 Å². The number of aryl methyl sites for hydroxylation is 1. The maximum absolute atomic E-state index is 9.28. The lowest BCUT2D eigenvalue weighted by Crippen LogP contribution is -2.26. The molecule has 0 radical (unpaired) electrons. The van der Waals surface area contributed by atoms with Gasteiger partial charge in [0.1, 0.15) is 0 Å². The zero-order chi connectivity index (χ0) is 13.0. The highest BCUT2D eigenvalue weighted by atomic mass is 32.2. The van der Waals surface area contributed by atoms with Crippen molar-refractivity contribution in [2.24, 2.45) is 18.9 Å². The molecule has 18 heavy (non-hydrogen) atoms. The predicted molar refractivity (Wildman–Crippen MR) is 74.2 cm³/mol. The van der Waals surface area contributed by atoms with Crippen molar-refractivity contribution in [2.75, 3.05) is 0 Å². The van der Waals surface area contributed by atoms with E-state index in [1.54, 1.807) is 0 Å². The second-order valence-electron chi connectivity index (χ2n) is 5.21. The summed E-state index contributed by atoms with van der Waals surface area (Å²) in [6.07, 6.45) is 10.0. The number of nitrogens with zero attached hydrogens (tertiary/aromatic N) is 3. The largest absolute Gasteiger partial charge is 0.275 e. The van der Waals surface area contributed by atoms with Crippen LogP contribution in [-0.4, -0.2) is 15.0 Å². The number of hydrogen-bond acceptors (Lipinski definition) is 3. The molecule has 0 N–H and O–H groups in total. The number of hydrogen-bond donors (Lipinski definition) is 0. The van der Waals surface area contributed by atoms with Gasteiger partial charge in [0, 0.05) is 23.4 Å². The Morgan fingerprint density at radius 2 is 2.39 bits per heavy atom. The van der Waals surface area contributed by atoms with E-state index in [0.29, 0.717) is 5.25 Å². The third-order valence-corrected chi connectivity index (χ3v) is 5.04. The first-order valence-corrected chi connectivity index (χ1v) is 7.65. The zero-order valence-corrected chi connectivity index (χ0v) is 12.0. The maximum atomic E-state index is 9.28. The molecule has 1 saturated carbocycles. The van der Waals surface area contributed by atoms with Crippen LogP contribution in [0.5, 0.6) is 0 Å². The molecule has 1 aliphatic carbocycles. The molecule has 1 heterocycles. The summed E-state index contributed by atoms with van der Waals surface area (Å²) in [5.74, 6) is 1.03. The standard InChI is InChI=1S/C14H21N3S/c1-3-4-11-5-6-12(8-15)14(7-11)18-13-9-16-17(2)10-13/h9-12,14H,3-7H2,1-2H3. The van der Waals surface area contributed by atoms with E-state index in [-0.39, 0.29) is 5.92 Å². The highest BCUT2D eigenvalue weighted by Crippen LogP contribution is 2.40. The van der Waals surface area contributed by atoms with Crippen molar-refractivity contribution in [3.8, 4) is 6.07 Å². The minimum atomic E-state index is 0.211. The van der Waals surface area contributed by atoms with Crippen molar-refractivity contribution >= 4 is 11.8 Å². The summed E-state index contributed by atoms with van der Waals surface area (Å²) >= 11 is 1.84. The molecule has 4 heteroatoms. The summed E-state index contributed by atoms with van der Waals surface area (Å²) in [5.41, 5.74) is 0. The van der Waals surface area contributed by atoms with E-state index < -0.39 is 0 Å². The second-order valence-corrected chi connectivity index (χ2v) is 6.52. The molecule has 0 spiro atoms. The van der Waals surface area contributed by atoms with E-state index in [1.165, 1.54) is 30.6 Å². The van der Waals surface area contributed by atoms with E-state index in [9.17, 15) is 5.26 Å². The lowest BCUT2D eigenvalue weighted by Gasteiger charge is -2.32. The van der Waals surface area contributed by atoms with Crippen LogP contribution in [-0.2, 0) is 7.05 Å². The minimum Gasteiger partial charge on any atom is -0.275 e. The van der Waals surface area contributed by atoms with Crippen LogP contribution in [0.2, 0.25) is 0 Å². The predicted octanol–water partition coefficient (Wildman–Crippen LogP) is 3.62. The summed E-state index contributed by atoms with van der Waals surface area (Å²) in [7, 11) is 1.94. The molecule has 0 bridgehead atoms. The van der Waals surface area contributed by atoms with Crippen molar-refractivity contribution < 1.29 is 0 Å². The molecule has 1 aliphatic rings. The Morgan fingerprint density at radius 1 is 1.56 bits per heavy atom. The van der Waals surface area contributed by atoms with Gasteiger partial charge < -0.3 is 0 Å². The van der Waals surface area contributed by atoms with Crippen LogP contribution in [0.25, 0.3) is 0 Å². The Morgan fingerprint density at radius 3 is 3.00 bits per heavy atom. The molecule has 3 nitrogen and oxygen atoms in total. The first kappa shape index (κ1) is 13.5. The van der Waals surface area contributed by atoms with Crippen LogP contribution in [0.4, 0.5) is 0 Å². The van der Waals surface area contributed by atoms with Crippen molar-refractivity contribution in [1.29, 1.82) is 5.26 Å². The van der Waals surface area contributed by atoms with Gasteiger partial charge in [-0.25, -0.2) is 0 Å². The van der Waals surface area contributed by atoms with Gasteiger partial charge in [-0.1, -0.05) is 19.8 Å². The third-order valence-electron chi connectivity index (χ3n) is 3.73. The van der Waals surface area contributed by atoms with E-state index >= 15 is 0 Å². The molecule has 1 aromatic rings. The highest BCUT2D eigenvalue weighted by molar-refractivity contribution is 8.00. The summed E-state index contributed by atoms with van der Waals surface area (Å²) in [6, 6.07) is 2.50. The van der Waals surface area contributed by atoms with Crippen molar-refractivity contribution in [2.45, 2.75) is 49.2 Å². The maximum Gasteiger partial charge on any atom is 0.0667 e. The van der Waals surface area contributed by atoms with Crippen LogP contribution in [0.1, 0.15) is 39.0 Å². The molecule has 98 valence electrons. The summed E-state index contributed by atoms with van der Waals surface area (Å²) in [4.78, 5) is 1.19. The SMILES string of the molecule is CCCC1CCC(C#N)C(Sc2cnn(C)c2)C1. The van der Waals surface area contributed by atoms with E-state index in [0.717, 1.165) is 12.3 Å². The molecule has 1 aromatic heterocycles. The molecule has 2 rings (SSSR count). The van der Waals surface area contributed by atoms with E-state index in [1.807, 2.05) is 35.9 Å². The van der Waals surface area contributed by atoms with Crippen LogP contribution in [0.15, 0.2) is 17.3 Å². The fourth-order valence-corrected chi connectivity index (χ4v) is 4.20. The van der Waals surface area contributed by atoms with Crippen LogP contribution in [0.3, 0.4) is 0 Å². The smallest absolute Gasteiger partial charge is 0.0667 e. The van der Waals surface area contributed by atoms with Crippen molar-refractivity contribution in [1.82, 2.24) is 9.78 Å². The molecule has 3 unspecified atom stereocenters. The van der Waals surface area contributed by atoms with Gasteiger partial charge in [0.2, 0.25) is 0 Å². The molecule has 3 atom stereocenters. The Hall–Kier alpha value is -0.950. The highest BCUT2D eigenvalue weighted by Gasteiger charge is 2.31. The fraction of sp³-hybridized carbons (Fsp3) is 0.714. The quantitative estimate of drug-likeness (QED) is 0.833. The summed E-state index contributed by atoms with van der Waals surface area (Å²) < 4.78 is 1.83. The monoisotopic (exact) mass is 263 g/mol. The topological polar surface area (TPSA) is 41.6 Å². The average molecular weight is 263 g/mol. The first-order valence-electron chi connectivity index (χ1n) is 6.77. The molecular formula is C14H21N3S. The summed E-state index contributed by atoms with van der Waals surface area (Å²) in [6.45, 7) is 2.25. The van der Waals surface area contributed by atoms with E-state index in [2.05, 4.69) is 18.1 Å². The normalized spacial score (nSPS) is 27.9. The average Bonchev–Trinajstić information content (AvgIpc) is 2.76. The molecule has 0 saturated heterocycles. The minimum absolute atomic E-state index is 0.211. The van der Waals surface area contributed by atoms with Crippen LogP contribution < -0.4 is 0 Å². The Kier molecular flexibility index (Phi) is 4.71.